The average Bonchev–Trinajstić information content (AvgIpc) is 2.81. The number of alkyl halides is 2. The van der Waals surface area contributed by atoms with Crippen molar-refractivity contribution in [1.29, 1.82) is 0 Å². The van der Waals surface area contributed by atoms with E-state index in [1.165, 1.54) is 19.3 Å². The van der Waals surface area contributed by atoms with Crippen LogP contribution in [0.1, 0.15) is 57.4 Å². The van der Waals surface area contributed by atoms with E-state index in [1.807, 2.05) is 24.3 Å². The van der Waals surface area contributed by atoms with Crippen LogP contribution in [0.4, 0.5) is 5.69 Å². The van der Waals surface area contributed by atoms with Gasteiger partial charge >= 0.3 is 5.97 Å². The first-order chi connectivity index (χ1) is 15.9. The minimum Gasteiger partial charge on any atom is -0.480 e. The van der Waals surface area contributed by atoms with Gasteiger partial charge in [-0.15, -0.1) is 23.2 Å². The monoisotopic (exact) mass is 505 g/mol. The Labute approximate surface area is 208 Å². The third-order valence-electron chi connectivity index (χ3n) is 4.97. The quantitative estimate of drug-likeness (QED) is 0.189. The molecule has 0 aromatic heterocycles. The van der Waals surface area contributed by atoms with Gasteiger partial charge in [-0.05, 0) is 24.1 Å². The standard InChI is InChI=1S/C22H34Cl2N2O3.C2H7NO/c1-2-3-4-5-6-7-8-21(27)25-20(22(28)29)17-18-9-11-19(12-10-18)26(15-13-23)16-14-24;3-1-2-4/h9-12,20H,2-8,13-17H2,1H3,(H,25,27)(H,28,29);4H,1-3H2. The Morgan fingerprint density at radius 1 is 1.03 bits per heavy atom. The molecule has 1 amide bonds. The minimum absolute atomic E-state index is 0.0972. The molecule has 0 aliphatic heterocycles. The number of anilines is 1. The molecule has 0 saturated carbocycles. The number of carbonyl (C=O) groups excluding carboxylic acids is 1. The van der Waals surface area contributed by atoms with Crippen molar-refractivity contribution in [1.82, 2.24) is 5.32 Å². The normalized spacial score (nSPS) is 11.3. The van der Waals surface area contributed by atoms with E-state index in [4.69, 9.17) is 34.0 Å². The molecule has 1 unspecified atom stereocenters. The van der Waals surface area contributed by atoms with Crippen molar-refractivity contribution in [3.05, 3.63) is 29.8 Å². The molecule has 0 heterocycles. The highest BCUT2D eigenvalue weighted by Gasteiger charge is 2.20. The van der Waals surface area contributed by atoms with Crippen molar-refractivity contribution < 1.29 is 19.8 Å². The molecular weight excluding hydrogens is 465 g/mol. The highest BCUT2D eigenvalue weighted by atomic mass is 35.5. The van der Waals surface area contributed by atoms with Crippen LogP contribution >= 0.6 is 23.2 Å². The van der Waals surface area contributed by atoms with E-state index in [2.05, 4.69) is 17.1 Å². The van der Waals surface area contributed by atoms with E-state index in [0.717, 1.165) is 30.5 Å². The highest BCUT2D eigenvalue weighted by molar-refractivity contribution is 6.18. The van der Waals surface area contributed by atoms with Crippen LogP contribution in [-0.2, 0) is 16.0 Å². The summed E-state index contributed by atoms with van der Waals surface area (Å²) in [5.41, 5.74) is 6.63. The summed E-state index contributed by atoms with van der Waals surface area (Å²) in [7, 11) is 0. The molecule has 33 heavy (non-hydrogen) atoms. The summed E-state index contributed by atoms with van der Waals surface area (Å²) in [5, 5.41) is 19.9. The first-order valence-electron chi connectivity index (χ1n) is 11.7. The van der Waals surface area contributed by atoms with Gasteiger partial charge in [0.2, 0.25) is 5.91 Å². The fourth-order valence-corrected chi connectivity index (χ4v) is 3.59. The van der Waals surface area contributed by atoms with Crippen molar-refractivity contribution in [3.8, 4) is 0 Å². The third kappa shape index (κ3) is 15.8. The van der Waals surface area contributed by atoms with Gasteiger partial charge in [-0.3, -0.25) is 4.79 Å². The molecule has 0 spiro atoms. The number of rotatable bonds is 17. The number of unbranched alkanes of at least 4 members (excludes halogenated alkanes) is 5. The summed E-state index contributed by atoms with van der Waals surface area (Å²) in [6.45, 7) is 4.03. The number of carboxylic acids is 1. The molecule has 7 nitrogen and oxygen atoms in total. The van der Waals surface area contributed by atoms with Gasteiger partial charge in [-0.1, -0.05) is 51.2 Å². The summed E-state index contributed by atoms with van der Waals surface area (Å²) in [6.07, 6.45) is 7.17. The number of nitrogens with zero attached hydrogens (tertiary/aromatic N) is 1. The van der Waals surface area contributed by atoms with Crippen molar-refractivity contribution in [2.24, 2.45) is 5.73 Å². The SMILES string of the molecule is CCCCCCCCC(=O)NC(Cc1ccc(N(CCCl)CCCl)cc1)C(=O)O.NCCO. The molecule has 1 rings (SSSR count). The van der Waals surface area contributed by atoms with Crippen molar-refractivity contribution >= 4 is 40.8 Å². The minimum atomic E-state index is -1.02. The molecule has 0 radical (unpaired) electrons. The zero-order valence-electron chi connectivity index (χ0n) is 19.8. The lowest BCUT2D eigenvalue weighted by Gasteiger charge is -2.23. The van der Waals surface area contributed by atoms with Crippen molar-refractivity contribution in [2.75, 3.05) is 42.9 Å². The van der Waals surface area contributed by atoms with Gasteiger partial charge in [0.25, 0.3) is 0 Å². The topological polar surface area (TPSA) is 116 Å². The number of benzene rings is 1. The predicted molar refractivity (Wildman–Crippen MR) is 137 cm³/mol. The van der Waals surface area contributed by atoms with Crippen LogP contribution in [0.2, 0.25) is 0 Å². The van der Waals surface area contributed by atoms with Gasteiger partial charge in [-0.2, -0.15) is 0 Å². The van der Waals surface area contributed by atoms with Crippen LogP contribution in [0, 0.1) is 0 Å². The van der Waals surface area contributed by atoms with Gasteiger partial charge in [0.1, 0.15) is 6.04 Å². The number of halogens is 2. The average molecular weight is 507 g/mol. The van der Waals surface area contributed by atoms with Crippen LogP contribution in [0.25, 0.3) is 0 Å². The van der Waals surface area contributed by atoms with Gasteiger partial charge in [0.15, 0.2) is 0 Å². The molecule has 1 atom stereocenters. The van der Waals surface area contributed by atoms with Gasteiger partial charge < -0.3 is 26.2 Å². The summed E-state index contributed by atoms with van der Waals surface area (Å²) < 4.78 is 0. The molecule has 1 aromatic rings. The molecule has 9 heteroatoms. The fraction of sp³-hybridized carbons (Fsp3) is 0.667. The summed E-state index contributed by atoms with van der Waals surface area (Å²) >= 11 is 11.7. The number of carboxylic acid groups (broad SMARTS) is 1. The summed E-state index contributed by atoms with van der Waals surface area (Å²) in [6, 6.07) is 6.73. The number of aliphatic carboxylic acids is 1. The lowest BCUT2D eigenvalue weighted by molar-refractivity contribution is -0.141. The maximum Gasteiger partial charge on any atom is 0.326 e. The number of nitrogens with one attached hydrogen (secondary N) is 1. The summed E-state index contributed by atoms with van der Waals surface area (Å²) in [5.74, 6) is -0.203. The Morgan fingerprint density at radius 3 is 2.06 bits per heavy atom. The number of hydrogen-bond donors (Lipinski definition) is 4. The maximum atomic E-state index is 12.1. The smallest absolute Gasteiger partial charge is 0.326 e. The molecule has 0 aliphatic carbocycles. The third-order valence-corrected chi connectivity index (χ3v) is 5.31. The Kier molecular flexibility index (Phi) is 20.0. The maximum absolute atomic E-state index is 12.1. The van der Waals surface area contributed by atoms with E-state index < -0.39 is 12.0 Å². The van der Waals surface area contributed by atoms with Crippen molar-refractivity contribution in [3.63, 3.8) is 0 Å². The number of aliphatic hydroxyl groups is 1. The van der Waals surface area contributed by atoms with Crippen molar-refractivity contribution in [2.45, 2.75) is 64.3 Å². The van der Waals surface area contributed by atoms with Crippen LogP contribution in [0.3, 0.4) is 0 Å². The Balaban J connectivity index is 0.00000235. The number of carbonyl (C=O) groups is 2. The fourth-order valence-electron chi connectivity index (χ4n) is 3.19. The second-order valence-corrected chi connectivity index (χ2v) is 8.48. The Hall–Kier alpha value is -1.54. The van der Waals surface area contributed by atoms with Gasteiger partial charge in [-0.25, -0.2) is 4.79 Å². The van der Waals surface area contributed by atoms with Gasteiger partial charge in [0.05, 0.1) is 6.61 Å². The number of amides is 1. The molecule has 0 fully saturated rings. The molecular formula is C24H41Cl2N3O4. The summed E-state index contributed by atoms with van der Waals surface area (Å²) in [4.78, 5) is 25.8. The number of nitrogens with two attached hydrogens (primary N) is 1. The molecule has 0 aliphatic rings. The van der Waals surface area contributed by atoms with Gasteiger partial charge in [0, 0.05) is 49.9 Å². The Morgan fingerprint density at radius 2 is 1.58 bits per heavy atom. The molecule has 5 N–H and O–H groups in total. The van der Waals surface area contributed by atoms with E-state index in [9.17, 15) is 14.7 Å². The first kappa shape index (κ1) is 31.5. The zero-order valence-corrected chi connectivity index (χ0v) is 21.3. The molecule has 190 valence electrons. The zero-order chi connectivity index (χ0) is 24.9. The van der Waals surface area contributed by atoms with E-state index in [-0.39, 0.29) is 18.9 Å². The number of aliphatic hydroxyl groups excluding tert-OH is 1. The molecule has 1 aromatic carbocycles. The number of hydrogen-bond acceptors (Lipinski definition) is 5. The lowest BCUT2D eigenvalue weighted by Crippen LogP contribution is -2.42. The second kappa shape index (κ2) is 21.0. The molecule has 0 bridgehead atoms. The van der Waals surface area contributed by atoms with Crippen LogP contribution in [-0.4, -0.2) is 66.1 Å². The second-order valence-electron chi connectivity index (χ2n) is 7.72. The largest absolute Gasteiger partial charge is 0.480 e. The van der Waals surface area contributed by atoms with E-state index >= 15 is 0 Å². The predicted octanol–water partition coefficient (Wildman–Crippen LogP) is 3.77. The Bertz CT molecular complexity index is 625. The van der Waals surface area contributed by atoms with Crippen LogP contribution in [0.15, 0.2) is 24.3 Å². The van der Waals surface area contributed by atoms with E-state index in [0.29, 0.717) is 37.8 Å². The van der Waals surface area contributed by atoms with Crippen LogP contribution < -0.4 is 16.0 Å². The molecule has 0 saturated heterocycles. The highest BCUT2D eigenvalue weighted by Crippen LogP contribution is 2.17. The van der Waals surface area contributed by atoms with E-state index in [1.54, 1.807) is 0 Å². The van der Waals surface area contributed by atoms with Crippen LogP contribution in [0.5, 0.6) is 0 Å². The first-order valence-corrected chi connectivity index (χ1v) is 12.8. The lowest BCUT2D eigenvalue weighted by atomic mass is 10.0.